The van der Waals surface area contributed by atoms with Gasteiger partial charge in [0.1, 0.15) is 0 Å². The Bertz CT molecular complexity index is 630. The standard InChI is InChI=1S/C12H12ClN3O2S/c13-6-1-2-9-10(3-6)19-12(15-9)16-11(17)7-4-18-5-8(7)14/h1-3,7-8H,4-5,14H2,(H,15,16,17). The van der Waals surface area contributed by atoms with Crippen LogP contribution in [0.15, 0.2) is 18.2 Å². The van der Waals surface area contributed by atoms with Crippen LogP contribution < -0.4 is 11.1 Å². The van der Waals surface area contributed by atoms with Crippen molar-refractivity contribution >= 4 is 44.2 Å². The molecule has 2 aromatic rings. The summed E-state index contributed by atoms with van der Waals surface area (Å²) in [5.74, 6) is -0.453. The summed E-state index contributed by atoms with van der Waals surface area (Å²) in [6.45, 7) is 0.789. The van der Waals surface area contributed by atoms with Gasteiger partial charge in [-0.3, -0.25) is 4.79 Å². The minimum Gasteiger partial charge on any atom is -0.379 e. The zero-order valence-electron chi connectivity index (χ0n) is 9.93. The number of thiazole rings is 1. The SMILES string of the molecule is NC1COCC1C(=O)Nc1nc2ccc(Cl)cc2s1. The maximum Gasteiger partial charge on any atom is 0.233 e. The van der Waals surface area contributed by atoms with Gasteiger partial charge < -0.3 is 15.8 Å². The number of hydrogen-bond acceptors (Lipinski definition) is 5. The van der Waals surface area contributed by atoms with Gasteiger partial charge in [0.15, 0.2) is 5.13 Å². The van der Waals surface area contributed by atoms with Gasteiger partial charge in [-0.05, 0) is 18.2 Å². The molecule has 1 aliphatic heterocycles. The number of benzene rings is 1. The molecule has 1 saturated heterocycles. The highest BCUT2D eigenvalue weighted by molar-refractivity contribution is 7.22. The van der Waals surface area contributed by atoms with Gasteiger partial charge in [-0.25, -0.2) is 4.98 Å². The van der Waals surface area contributed by atoms with Crippen molar-refractivity contribution in [1.29, 1.82) is 0 Å². The highest BCUT2D eigenvalue weighted by atomic mass is 35.5. The molecule has 0 spiro atoms. The topological polar surface area (TPSA) is 77.2 Å². The Balaban J connectivity index is 1.79. The lowest BCUT2D eigenvalue weighted by Gasteiger charge is -2.11. The predicted molar refractivity (Wildman–Crippen MR) is 75.5 cm³/mol. The smallest absolute Gasteiger partial charge is 0.233 e. The number of hydrogen-bond donors (Lipinski definition) is 2. The number of nitrogens with one attached hydrogen (secondary N) is 1. The van der Waals surface area contributed by atoms with E-state index >= 15 is 0 Å². The van der Waals surface area contributed by atoms with E-state index in [1.807, 2.05) is 12.1 Å². The predicted octanol–water partition coefficient (Wildman–Crippen LogP) is 1.86. The number of carbonyl (C=O) groups is 1. The molecule has 1 fully saturated rings. The normalized spacial score (nSPS) is 22.8. The lowest BCUT2D eigenvalue weighted by atomic mass is 10.0. The summed E-state index contributed by atoms with van der Waals surface area (Å²) in [7, 11) is 0. The summed E-state index contributed by atoms with van der Waals surface area (Å²) in [5, 5.41) is 4.00. The maximum absolute atomic E-state index is 12.0. The number of fused-ring (bicyclic) bond motifs is 1. The van der Waals surface area contributed by atoms with E-state index in [-0.39, 0.29) is 17.9 Å². The second-order valence-corrected chi connectivity index (χ2v) is 5.90. The molecule has 1 amide bonds. The van der Waals surface area contributed by atoms with E-state index in [4.69, 9.17) is 22.1 Å². The fraction of sp³-hybridized carbons (Fsp3) is 0.333. The molecule has 3 rings (SSSR count). The minimum absolute atomic E-state index is 0.143. The number of anilines is 1. The van der Waals surface area contributed by atoms with Crippen molar-refractivity contribution in [1.82, 2.24) is 4.98 Å². The third-order valence-electron chi connectivity index (χ3n) is 3.04. The van der Waals surface area contributed by atoms with Gasteiger partial charge in [-0.2, -0.15) is 0 Å². The first-order valence-electron chi connectivity index (χ1n) is 5.84. The van der Waals surface area contributed by atoms with E-state index in [0.717, 1.165) is 10.2 Å². The molecule has 1 aliphatic rings. The van der Waals surface area contributed by atoms with Crippen molar-refractivity contribution in [3.05, 3.63) is 23.2 Å². The number of amides is 1. The fourth-order valence-corrected chi connectivity index (χ4v) is 3.14. The van der Waals surface area contributed by atoms with E-state index in [0.29, 0.717) is 23.4 Å². The van der Waals surface area contributed by atoms with Crippen molar-refractivity contribution in [2.24, 2.45) is 11.7 Å². The molecular weight excluding hydrogens is 286 g/mol. The van der Waals surface area contributed by atoms with Crippen LogP contribution in [0.25, 0.3) is 10.2 Å². The molecule has 0 radical (unpaired) electrons. The van der Waals surface area contributed by atoms with Gasteiger partial charge in [-0.15, -0.1) is 0 Å². The number of halogens is 1. The molecule has 19 heavy (non-hydrogen) atoms. The number of aromatic nitrogens is 1. The second-order valence-electron chi connectivity index (χ2n) is 4.43. The zero-order valence-corrected chi connectivity index (χ0v) is 11.5. The van der Waals surface area contributed by atoms with Gasteiger partial charge in [0.2, 0.25) is 5.91 Å². The van der Waals surface area contributed by atoms with Crippen LogP contribution in [0.3, 0.4) is 0 Å². The Morgan fingerprint density at radius 2 is 2.37 bits per heavy atom. The molecule has 1 aromatic carbocycles. The van der Waals surface area contributed by atoms with Crippen molar-refractivity contribution in [2.75, 3.05) is 18.5 Å². The van der Waals surface area contributed by atoms with Crippen LogP contribution in [-0.4, -0.2) is 30.1 Å². The van der Waals surface area contributed by atoms with Crippen molar-refractivity contribution in [3.63, 3.8) is 0 Å². The Labute approximate surface area is 118 Å². The summed E-state index contributed by atoms with van der Waals surface area (Å²) in [4.78, 5) is 16.4. The zero-order chi connectivity index (χ0) is 13.4. The van der Waals surface area contributed by atoms with Crippen LogP contribution in [0.2, 0.25) is 5.02 Å². The first-order chi connectivity index (χ1) is 9.13. The maximum atomic E-state index is 12.0. The van der Waals surface area contributed by atoms with Gasteiger partial charge in [0.05, 0.1) is 29.3 Å². The molecule has 2 heterocycles. The molecule has 0 aliphatic carbocycles. The van der Waals surface area contributed by atoms with E-state index < -0.39 is 0 Å². The summed E-state index contributed by atoms with van der Waals surface area (Å²) < 4.78 is 6.12. The second kappa shape index (κ2) is 5.05. The number of rotatable bonds is 2. The van der Waals surface area contributed by atoms with E-state index in [1.165, 1.54) is 11.3 Å². The quantitative estimate of drug-likeness (QED) is 0.887. The molecule has 1 aromatic heterocycles. The summed E-state index contributed by atoms with van der Waals surface area (Å²) in [6.07, 6.45) is 0. The average Bonchev–Trinajstić information content (AvgIpc) is 2.94. The molecule has 0 saturated carbocycles. The van der Waals surface area contributed by atoms with Gasteiger partial charge in [0.25, 0.3) is 0 Å². The third kappa shape index (κ3) is 2.57. The summed E-state index contributed by atoms with van der Waals surface area (Å²) in [6, 6.07) is 5.18. The molecule has 3 N–H and O–H groups in total. The monoisotopic (exact) mass is 297 g/mol. The lowest BCUT2D eigenvalue weighted by molar-refractivity contribution is -0.120. The highest BCUT2D eigenvalue weighted by Gasteiger charge is 2.31. The largest absolute Gasteiger partial charge is 0.379 e. The summed E-state index contributed by atoms with van der Waals surface area (Å²) >= 11 is 7.31. The molecule has 0 bridgehead atoms. The molecule has 100 valence electrons. The average molecular weight is 298 g/mol. The van der Waals surface area contributed by atoms with Gasteiger partial charge in [0, 0.05) is 11.1 Å². The number of nitrogens with zero attached hydrogens (tertiary/aromatic N) is 1. The molecular formula is C12H12ClN3O2S. The third-order valence-corrected chi connectivity index (χ3v) is 4.21. The fourth-order valence-electron chi connectivity index (χ4n) is 1.99. The Morgan fingerprint density at radius 3 is 3.11 bits per heavy atom. The first kappa shape index (κ1) is 12.8. The highest BCUT2D eigenvalue weighted by Crippen LogP contribution is 2.28. The van der Waals surface area contributed by atoms with Crippen LogP contribution in [0.4, 0.5) is 5.13 Å². The van der Waals surface area contributed by atoms with Crippen LogP contribution in [0.1, 0.15) is 0 Å². The lowest BCUT2D eigenvalue weighted by Crippen LogP contribution is -2.37. The molecule has 2 unspecified atom stereocenters. The number of ether oxygens (including phenoxy) is 1. The van der Waals surface area contributed by atoms with E-state index in [2.05, 4.69) is 10.3 Å². The van der Waals surface area contributed by atoms with Crippen LogP contribution in [0.5, 0.6) is 0 Å². The van der Waals surface area contributed by atoms with Gasteiger partial charge in [-0.1, -0.05) is 22.9 Å². The van der Waals surface area contributed by atoms with E-state index in [9.17, 15) is 4.79 Å². The van der Waals surface area contributed by atoms with Crippen LogP contribution in [0, 0.1) is 5.92 Å². The molecule has 7 heteroatoms. The minimum atomic E-state index is -0.310. The molecule has 5 nitrogen and oxygen atoms in total. The van der Waals surface area contributed by atoms with Crippen molar-refractivity contribution in [2.45, 2.75) is 6.04 Å². The molecule has 2 atom stereocenters. The first-order valence-corrected chi connectivity index (χ1v) is 7.03. The van der Waals surface area contributed by atoms with Gasteiger partial charge >= 0.3 is 0 Å². The summed E-state index contributed by atoms with van der Waals surface area (Å²) in [5.41, 5.74) is 6.62. The Morgan fingerprint density at radius 1 is 1.53 bits per heavy atom. The van der Waals surface area contributed by atoms with Crippen molar-refractivity contribution < 1.29 is 9.53 Å². The van der Waals surface area contributed by atoms with Crippen LogP contribution >= 0.6 is 22.9 Å². The number of carbonyl (C=O) groups excluding carboxylic acids is 1. The van der Waals surface area contributed by atoms with E-state index in [1.54, 1.807) is 6.07 Å². The van der Waals surface area contributed by atoms with Crippen molar-refractivity contribution in [3.8, 4) is 0 Å². The number of nitrogens with two attached hydrogens (primary N) is 1. The van der Waals surface area contributed by atoms with Crippen LogP contribution in [-0.2, 0) is 9.53 Å². The Kier molecular flexibility index (Phi) is 3.40. The Hall–Kier alpha value is -1.21.